The summed E-state index contributed by atoms with van der Waals surface area (Å²) in [4.78, 5) is 9.39. The summed E-state index contributed by atoms with van der Waals surface area (Å²) in [5.74, 6) is 0. The smallest absolute Gasteiger partial charge is 0.0346 e. The van der Waals surface area contributed by atoms with E-state index in [-0.39, 0.29) is 0 Å². The van der Waals surface area contributed by atoms with E-state index in [1.165, 1.54) is 41.3 Å². The molecular formula is C23H27N3. The Morgan fingerprint density at radius 3 is 2.85 bits per heavy atom. The highest BCUT2D eigenvalue weighted by Crippen LogP contribution is 2.23. The summed E-state index contributed by atoms with van der Waals surface area (Å²) >= 11 is 0. The lowest BCUT2D eigenvalue weighted by Crippen LogP contribution is -2.45. The molecule has 1 aliphatic rings. The minimum Gasteiger partial charge on any atom is -0.298 e. The van der Waals surface area contributed by atoms with E-state index in [0.717, 1.165) is 19.6 Å². The van der Waals surface area contributed by atoms with Gasteiger partial charge in [-0.2, -0.15) is 0 Å². The van der Waals surface area contributed by atoms with Crippen molar-refractivity contribution in [3.05, 3.63) is 78.1 Å². The van der Waals surface area contributed by atoms with Crippen LogP contribution in [-0.4, -0.2) is 41.0 Å². The SMILES string of the molecule is CN(Cc1ccccc1)C1CCCN(Cc2cccc3cnccc23)C1. The zero-order valence-corrected chi connectivity index (χ0v) is 15.5. The molecule has 0 spiro atoms. The van der Waals surface area contributed by atoms with E-state index in [9.17, 15) is 0 Å². The number of benzene rings is 2. The predicted molar refractivity (Wildman–Crippen MR) is 108 cm³/mol. The number of pyridine rings is 1. The number of likely N-dealkylation sites (tertiary alicyclic amines) is 1. The zero-order valence-electron chi connectivity index (χ0n) is 15.5. The molecule has 3 aromatic rings. The Morgan fingerprint density at radius 1 is 1.08 bits per heavy atom. The van der Waals surface area contributed by atoms with E-state index in [0.29, 0.717) is 6.04 Å². The van der Waals surface area contributed by atoms with Crippen LogP contribution in [0.5, 0.6) is 0 Å². The number of hydrogen-bond acceptors (Lipinski definition) is 3. The van der Waals surface area contributed by atoms with Gasteiger partial charge in [0.2, 0.25) is 0 Å². The number of hydrogen-bond donors (Lipinski definition) is 0. The lowest BCUT2D eigenvalue weighted by molar-refractivity contribution is 0.107. The summed E-state index contributed by atoms with van der Waals surface area (Å²) in [6, 6.07) is 20.1. The van der Waals surface area contributed by atoms with Crippen molar-refractivity contribution in [3.63, 3.8) is 0 Å². The van der Waals surface area contributed by atoms with E-state index >= 15 is 0 Å². The fourth-order valence-corrected chi connectivity index (χ4v) is 4.10. The fourth-order valence-electron chi connectivity index (χ4n) is 4.10. The third-order valence-corrected chi connectivity index (χ3v) is 5.54. The van der Waals surface area contributed by atoms with Gasteiger partial charge in [-0.25, -0.2) is 0 Å². The third-order valence-electron chi connectivity index (χ3n) is 5.54. The van der Waals surface area contributed by atoms with Crippen LogP contribution >= 0.6 is 0 Å². The van der Waals surface area contributed by atoms with Crippen LogP contribution < -0.4 is 0 Å². The molecule has 134 valence electrons. The number of rotatable bonds is 5. The number of aromatic nitrogens is 1. The molecule has 0 N–H and O–H groups in total. The molecule has 1 unspecified atom stereocenters. The molecule has 2 aromatic carbocycles. The van der Waals surface area contributed by atoms with Crippen molar-refractivity contribution in [2.75, 3.05) is 20.1 Å². The first-order valence-corrected chi connectivity index (χ1v) is 9.58. The average molecular weight is 345 g/mol. The maximum atomic E-state index is 4.26. The van der Waals surface area contributed by atoms with E-state index in [1.807, 2.05) is 12.4 Å². The number of nitrogens with zero attached hydrogens (tertiary/aromatic N) is 3. The summed E-state index contributed by atoms with van der Waals surface area (Å²) < 4.78 is 0. The molecule has 0 amide bonds. The van der Waals surface area contributed by atoms with Gasteiger partial charge in [0.25, 0.3) is 0 Å². The summed E-state index contributed by atoms with van der Waals surface area (Å²) in [5.41, 5.74) is 2.81. The Hall–Kier alpha value is -2.23. The molecule has 4 rings (SSSR count). The molecule has 3 heteroatoms. The molecule has 1 aliphatic heterocycles. The molecule has 0 bridgehead atoms. The predicted octanol–water partition coefficient (Wildman–Crippen LogP) is 4.33. The summed E-state index contributed by atoms with van der Waals surface area (Å²) in [6.07, 6.45) is 6.43. The Kier molecular flexibility index (Phi) is 5.28. The Bertz CT molecular complexity index is 841. The van der Waals surface area contributed by atoms with Crippen molar-refractivity contribution in [3.8, 4) is 0 Å². The fraction of sp³-hybridized carbons (Fsp3) is 0.348. The van der Waals surface area contributed by atoms with E-state index in [4.69, 9.17) is 0 Å². The summed E-state index contributed by atoms with van der Waals surface area (Å²) in [7, 11) is 2.27. The van der Waals surface area contributed by atoms with Crippen molar-refractivity contribution in [2.45, 2.75) is 32.0 Å². The van der Waals surface area contributed by atoms with Crippen LogP contribution in [0.1, 0.15) is 24.0 Å². The topological polar surface area (TPSA) is 19.4 Å². The van der Waals surface area contributed by atoms with Gasteiger partial charge in [-0.05, 0) is 49.0 Å². The highest BCUT2D eigenvalue weighted by molar-refractivity contribution is 5.84. The first-order chi connectivity index (χ1) is 12.8. The van der Waals surface area contributed by atoms with Gasteiger partial charge in [0.05, 0.1) is 0 Å². The molecule has 0 aliphatic carbocycles. The van der Waals surface area contributed by atoms with Crippen molar-refractivity contribution in [1.29, 1.82) is 0 Å². The maximum absolute atomic E-state index is 4.26. The van der Waals surface area contributed by atoms with E-state index in [2.05, 4.69) is 76.4 Å². The number of fused-ring (bicyclic) bond motifs is 1. The molecule has 1 aromatic heterocycles. The van der Waals surface area contributed by atoms with Gasteiger partial charge >= 0.3 is 0 Å². The standard InChI is InChI=1S/C23H27N3/c1-25(16-19-7-3-2-4-8-19)22-11-6-14-26(18-22)17-21-10-5-9-20-15-24-13-12-23(20)21/h2-5,7-10,12-13,15,22H,6,11,14,16-18H2,1H3. The van der Waals surface area contributed by atoms with Crippen molar-refractivity contribution in [2.24, 2.45) is 0 Å². The second-order valence-electron chi connectivity index (χ2n) is 7.45. The monoisotopic (exact) mass is 345 g/mol. The molecule has 0 radical (unpaired) electrons. The summed E-state index contributed by atoms with van der Waals surface area (Å²) in [6.45, 7) is 4.39. The lowest BCUT2D eigenvalue weighted by atomic mass is 10.0. The molecular weight excluding hydrogens is 318 g/mol. The van der Waals surface area contributed by atoms with Crippen LogP contribution in [0.2, 0.25) is 0 Å². The molecule has 2 heterocycles. The molecule has 1 fully saturated rings. The molecule has 3 nitrogen and oxygen atoms in total. The normalized spacial score (nSPS) is 18.5. The minimum atomic E-state index is 0.626. The molecule has 0 saturated carbocycles. The number of likely N-dealkylation sites (N-methyl/N-ethyl adjacent to an activating group) is 1. The van der Waals surface area contributed by atoms with Crippen LogP contribution in [0.15, 0.2) is 67.0 Å². The van der Waals surface area contributed by atoms with Gasteiger partial charge in [-0.1, -0.05) is 48.5 Å². The minimum absolute atomic E-state index is 0.626. The lowest BCUT2D eigenvalue weighted by Gasteiger charge is -2.38. The Balaban J connectivity index is 1.43. The molecule has 1 atom stereocenters. The first kappa shape index (κ1) is 17.2. The Labute approximate surface area is 156 Å². The summed E-state index contributed by atoms with van der Waals surface area (Å²) in [5, 5.41) is 2.57. The molecule has 26 heavy (non-hydrogen) atoms. The Morgan fingerprint density at radius 2 is 1.96 bits per heavy atom. The van der Waals surface area contributed by atoms with Gasteiger partial charge in [0.15, 0.2) is 0 Å². The van der Waals surface area contributed by atoms with Crippen LogP contribution in [0, 0.1) is 0 Å². The van der Waals surface area contributed by atoms with Crippen LogP contribution in [0.25, 0.3) is 10.8 Å². The quantitative estimate of drug-likeness (QED) is 0.686. The third kappa shape index (κ3) is 3.95. The van der Waals surface area contributed by atoms with Crippen LogP contribution in [0.4, 0.5) is 0 Å². The van der Waals surface area contributed by atoms with Gasteiger partial charge in [0, 0.05) is 43.5 Å². The zero-order chi connectivity index (χ0) is 17.8. The van der Waals surface area contributed by atoms with Crippen molar-refractivity contribution in [1.82, 2.24) is 14.8 Å². The van der Waals surface area contributed by atoms with Gasteiger partial charge < -0.3 is 0 Å². The van der Waals surface area contributed by atoms with Crippen LogP contribution in [-0.2, 0) is 13.1 Å². The average Bonchev–Trinajstić information content (AvgIpc) is 2.69. The number of piperidine rings is 1. The van der Waals surface area contributed by atoms with Gasteiger partial charge in [-0.3, -0.25) is 14.8 Å². The second-order valence-corrected chi connectivity index (χ2v) is 7.45. The first-order valence-electron chi connectivity index (χ1n) is 9.58. The van der Waals surface area contributed by atoms with E-state index < -0.39 is 0 Å². The van der Waals surface area contributed by atoms with Crippen molar-refractivity contribution < 1.29 is 0 Å². The van der Waals surface area contributed by atoms with Gasteiger partial charge in [-0.15, -0.1) is 0 Å². The van der Waals surface area contributed by atoms with E-state index in [1.54, 1.807) is 0 Å². The maximum Gasteiger partial charge on any atom is 0.0346 e. The highest BCUT2D eigenvalue weighted by Gasteiger charge is 2.23. The van der Waals surface area contributed by atoms with Gasteiger partial charge in [0.1, 0.15) is 0 Å². The molecule has 1 saturated heterocycles. The largest absolute Gasteiger partial charge is 0.298 e. The van der Waals surface area contributed by atoms with Crippen molar-refractivity contribution >= 4 is 10.8 Å². The highest BCUT2D eigenvalue weighted by atomic mass is 15.2. The van der Waals surface area contributed by atoms with Crippen LogP contribution in [0.3, 0.4) is 0 Å². The second kappa shape index (κ2) is 7.98.